The average molecular weight is 272 g/mol. The van der Waals surface area contributed by atoms with Gasteiger partial charge in [-0.05, 0) is 35.9 Å². The molecule has 3 heteroatoms. The van der Waals surface area contributed by atoms with Crippen molar-refractivity contribution in [2.45, 2.75) is 38.5 Å². The molecular formula is C14H22ClNS. The lowest BCUT2D eigenvalue weighted by molar-refractivity contribution is 0.572. The third-order valence-electron chi connectivity index (χ3n) is 2.49. The molecule has 0 radical (unpaired) electrons. The summed E-state index contributed by atoms with van der Waals surface area (Å²) in [6.07, 6.45) is 1.05. The van der Waals surface area contributed by atoms with E-state index in [9.17, 15) is 0 Å². The number of rotatable bonds is 7. The van der Waals surface area contributed by atoms with Crippen LogP contribution in [-0.4, -0.2) is 23.6 Å². The fourth-order valence-corrected chi connectivity index (χ4v) is 2.80. The van der Waals surface area contributed by atoms with Crippen molar-refractivity contribution in [3.8, 4) is 0 Å². The van der Waals surface area contributed by atoms with Crippen LogP contribution in [0.2, 0.25) is 5.02 Å². The molecule has 0 saturated carbocycles. The van der Waals surface area contributed by atoms with Crippen LogP contribution in [0.15, 0.2) is 24.3 Å². The number of nitrogens with one attached hydrogen (secondary N) is 1. The first kappa shape index (κ1) is 14.9. The first-order valence-electron chi connectivity index (χ1n) is 6.21. The van der Waals surface area contributed by atoms with Gasteiger partial charge in [0.2, 0.25) is 0 Å². The van der Waals surface area contributed by atoms with Gasteiger partial charge in [0, 0.05) is 16.8 Å². The SMILES string of the molecule is CCNC(CSC(C)C)Cc1cccc(Cl)c1. The Morgan fingerprint density at radius 3 is 2.71 bits per heavy atom. The van der Waals surface area contributed by atoms with Gasteiger partial charge in [0.15, 0.2) is 0 Å². The number of thioether (sulfide) groups is 1. The van der Waals surface area contributed by atoms with Crippen molar-refractivity contribution < 1.29 is 0 Å². The topological polar surface area (TPSA) is 12.0 Å². The van der Waals surface area contributed by atoms with Gasteiger partial charge in [-0.3, -0.25) is 0 Å². The van der Waals surface area contributed by atoms with Crippen molar-refractivity contribution in [1.82, 2.24) is 5.32 Å². The fraction of sp³-hybridized carbons (Fsp3) is 0.571. The molecule has 0 spiro atoms. The highest BCUT2D eigenvalue weighted by molar-refractivity contribution is 7.99. The number of benzene rings is 1. The van der Waals surface area contributed by atoms with Crippen LogP contribution in [0.4, 0.5) is 0 Å². The molecule has 0 aromatic heterocycles. The zero-order valence-corrected chi connectivity index (χ0v) is 12.4. The highest BCUT2D eigenvalue weighted by Gasteiger charge is 2.09. The Morgan fingerprint density at radius 1 is 1.35 bits per heavy atom. The summed E-state index contributed by atoms with van der Waals surface area (Å²) in [5.41, 5.74) is 1.31. The molecule has 1 nitrogen and oxygen atoms in total. The summed E-state index contributed by atoms with van der Waals surface area (Å²) in [5, 5.41) is 5.06. The Balaban J connectivity index is 2.53. The Labute approximate surface area is 114 Å². The summed E-state index contributed by atoms with van der Waals surface area (Å²) >= 11 is 8.01. The summed E-state index contributed by atoms with van der Waals surface area (Å²) in [6, 6.07) is 8.69. The van der Waals surface area contributed by atoms with Crippen LogP contribution in [0.3, 0.4) is 0 Å². The van der Waals surface area contributed by atoms with Gasteiger partial charge in [0.05, 0.1) is 0 Å². The molecule has 0 saturated heterocycles. The summed E-state index contributed by atoms with van der Waals surface area (Å²) in [5.74, 6) is 1.15. The molecule has 17 heavy (non-hydrogen) atoms. The van der Waals surface area contributed by atoms with Crippen LogP contribution in [0.25, 0.3) is 0 Å². The van der Waals surface area contributed by atoms with E-state index in [1.54, 1.807) is 0 Å². The Morgan fingerprint density at radius 2 is 2.12 bits per heavy atom. The standard InChI is InChI=1S/C14H22ClNS/c1-4-16-14(10-17-11(2)3)9-12-6-5-7-13(15)8-12/h5-8,11,14,16H,4,9-10H2,1-3H3. The van der Waals surface area contributed by atoms with Gasteiger partial charge >= 0.3 is 0 Å². The lowest BCUT2D eigenvalue weighted by atomic mass is 10.1. The fourth-order valence-electron chi connectivity index (χ4n) is 1.74. The van der Waals surface area contributed by atoms with Crippen LogP contribution < -0.4 is 5.32 Å². The molecule has 0 aliphatic heterocycles. The second-order valence-corrected chi connectivity index (χ2v) is 6.52. The van der Waals surface area contributed by atoms with Gasteiger partial charge in [-0.25, -0.2) is 0 Å². The minimum absolute atomic E-state index is 0.533. The molecule has 96 valence electrons. The van der Waals surface area contributed by atoms with E-state index < -0.39 is 0 Å². The van der Waals surface area contributed by atoms with Gasteiger partial charge in [-0.15, -0.1) is 0 Å². The molecule has 1 N–H and O–H groups in total. The highest BCUT2D eigenvalue weighted by atomic mass is 35.5. The maximum Gasteiger partial charge on any atom is 0.0408 e. The van der Waals surface area contributed by atoms with Crippen molar-refractivity contribution in [1.29, 1.82) is 0 Å². The van der Waals surface area contributed by atoms with Crippen LogP contribution in [0, 0.1) is 0 Å². The number of likely N-dealkylation sites (N-methyl/N-ethyl adjacent to an activating group) is 1. The molecule has 0 heterocycles. The van der Waals surface area contributed by atoms with Crippen LogP contribution in [-0.2, 0) is 6.42 Å². The van der Waals surface area contributed by atoms with E-state index in [4.69, 9.17) is 11.6 Å². The predicted octanol–water partition coefficient (Wildman–Crippen LogP) is 4.00. The molecule has 0 aliphatic rings. The molecule has 1 aromatic carbocycles. The largest absolute Gasteiger partial charge is 0.313 e. The molecule has 0 aliphatic carbocycles. The normalized spacial score (nSPS) is 13.0. The summed E-state index contributed by atoms with van der Waals surface area (Å²) in [4.78, 5) is 0. The van der Waals surface area contributed by atoms with E-state index in [2.05, 4.69) is 38.2 Å². The van der Waals surface area contributed by atoms with Crippen LogP contribution in [0.5, 0.6) is 0 Å². The van der Waals surface area contributed by atoms with Gasteiger partial charge in [-0.2, -0.15) is 11.8 Å². The van der Waals surface area contributed by atoms with Gasteiger partial charge in [0.25, 0.3) is 0 Å². The summed E-state index contributed by atoms with van der Waals surface area (Å²) in [7, 11) is 0. The molecule has 0 bridgehead atoms. The summed E-state index contributed by atoms with van der Waals surface area (Å²) in [6.45, 7) is 7.66. The monoisotopic (exact) mass is 271 g/mol. The summed E-state index contributed by atoms with van der Waals surface area (Å²) < 4.78 is 0. The van der Waals surface area contributed by atoms with E-state index in [0.717, 1.165) is 23.7 Å². The van der Waals surface area contributed by atoms with Gasteiger partial charge in [0.1, 0.15) is 0 Å². The maximum absolute atomic E-state index is 6.01. The van der Waals surface area contributed by atoms with Crippen molar-refractivity contribution in [3.63, 3.8) is 0 Å². The van der Waals surface area contributed by atoms with Crippen LogP contribution in [0.1, 0.15) is 26.3 Å². The Kier molecular flexibility index (Phi) is 7.02. The highest BCUT2D eigenvalue weighted by Crippen LogP contribution is 2.16. The molecule has 1 atom stereocenters. The van der Waals surface area contributed by atoms with Crippen molar-refractivity contribution >= 4 is 23.4 Å². The molecular weight excluding hydrogens is 250 g/mol. The van der Waals surface area contributed by atoms with E-state index in [1.807, 2.05) is 23.9 Å². The Bertz CT molecular complexity index is 328. The van der Waals surface area contributed by atoms with Crippen LogP contribution >= 0.6 is 23.4 Å². The molecule has 0 amide bonds. The minimum atomic E-state index is 0.533. The second kappa shape index (κ2) is 8.02. The van der Waals surface area contributed by atoms with E-state index in [-0.39, 0.29) is 0 Å². The number of halogens is 1. The van der Waals surface area contributed by atoms with Gasteiger partial charge in [-0.1, -0.05) is 44.5 Å². The molecule has 1 unspecified atom stereocenters. The predicted molar refractivity (Wildman–Crippen MR) is 80.2 cm³/mol. The third-order valence-corrected chi connectivity index (χ3v) is 3.99. The molecule has 1 aromatic rings. The quantitative estimate of drug-likeness (QED) is 0.804. The van der Waals surface area contributed by atoms with Crippen molar-refractivity contribution in [3.05, 3.63) is 34.9 Å². The third kappa shape index (κ3) is 6.35. The number of hydrogen-bond donors (Lipinski definition) is 1. The number of hydrogen-bond acceptors (Lipinski definition) is 2. The zero-order chi connectivity index (χ0) is 12.7. The van der Waals surface area contributed by atoms with E-state index in [0.29, 0.717) is 11.3 Å². The molecule has 1 rings (SSSR count). The first-order chi connectivity index (χ1) is 8.11. The smallest absolute Gasteiger partial charge is 0.0408 e. The Hall–Kier alpha value is -0.180. The first-order valence-corrected chi connectivity index (χ1v) is 7.64. The van der Waals surface area contributed by atoms with Crippen molar-refractivity contribution in [2.24, 2.45) is 0 Å². The average Bonchev–Trinajstić information content (AvgIpc) is 2.26. The maximum atomic E-state index is 6.01. The molecule has 0 fully saturated rings. The zero-order valence-electron chi connectivity index (χ0n) is 10.9. The minimum Gasteiger partial charge on any atom is -0.313 e. The van der Waals surface area contributed by atoms with Gasteiger partial charge < -0.3 is 5.32 Å². The second-order valence-electron chi connectivity index (χ2n) is 4.47. The lowest BCUT2D eigenvalue weighted by Gasteiger charge is -2.19. The van der Waals surface area contributed by atoms with Crippen molar-refractivity contribution in [2.75, 3.05) is 12.3 Å². The van der Waals surface area contributed by atoms with E-state index >= 15 is 0 Å². The lowest BCUT2D eigenvalue weighted by Crippen LogP contribution is -2.33. The van der Waals surface area contributed by atoms with E-state index in [1.165, 1.54) is 5.56 Å².